The Kier molecular flexibility index (Phi) is 3.13. The summed E-state index contributed by atoms with van der Waals surface area (Å²) in [5.41, 5.74) is 1.77. The zero-order valence-corrected chi connectivity index (χ0v) is 10.9. The number of nitrogens with zero attached hydrogens (tertiary/aromatic N) is 3. The van der Waals surface area contributed by atoms with Crippen LogP contribution in [-0.4, -0.2) is 47.2 Å². The number of aromatic hydroxyl groups is 1. The minimum Gasteiger partial charge on any atom is -0.494 e. The van der Waals surface area contributed by atoms with E-state index in [4.69, 9.17) is 4.74 Å². The van der Waals surface area contributed by atoms with Crippen molar-refractivity contribution in [3.63, 3.8) is 0 Å². The molecule has 5 heteroatoms. The summed E-state index contributed by atoms with van der Waals surface area (Å²) in [5.74, 6) is 0.248. The predicted octanol–water partition coefficient (Wildman–Crippen LogP) is 1.55. The van der Waals surface area contributed by atoms with E-state index in [1.165, 1.54) is 0 Å². The fourth-order valence-corrected chi connectivity index (χ4v) is 2.34. The first-order chi connectivity index (χ1) is 9.27. The third kappa shape index (κ3) is 2.17. The van der Waals surface area contributed by atoms with Gasteiger partial charge in [-0.2, -0.15) is 5.10 Å². The Balaban J connectivity index is 1.96. The maximum absolute atomic E-state index is 10.2. The Morgan fingerprint density at radius 3 is 2.79 bits per heavy atom. The number of aromatic nitrogens is 1. The third-order valence-corrected chi connectivity index (χ3v) is 3.45. The minimum atomic E-state index is 0.248. The van der Waals surface area contributed by atoms with Gasteiger partial charge in [0.1, 0.15) is 0 Å². The van der Waals surface area contributed by atoms with Crippen molar-refractivity contribution in [2.75, 3.05) is 26.3 Å². The van der Waals surface area contributed by atoms with Gasteiger partial charge in [-0.3, -0.25) is 5.01 Å². The Bertz CT molecular complexity index is 612. The monoisotopic (exact) mass is 259 g/mol. The Morgan fingerprint density at radius 1 is 1.26 bits per heavy atom. The van der Waals surface area contributed by atoms with Crippen LogP contribution in [0.4, 0.5) is 0 Å². The van der Waals surface area contributed by atoms with Crippen LogP contribution in [0.5, 0.6) is 5.88 Å². The molecule has 3 rings (SSSR count). The van der Waals surface area contributed by atoms with Crippen LogP contribution in [-0.2, 0) is 11.8 Å². The number of morpholine rings is 1. The lowest BCUT2D eigenvalue weighted by molar-refractivity contribution is 0.0397. The molecule has 1 aliphatic rings. The number of aryl methyl sites for hydroxylation is 1. The van der Waals surface area contributed by atoms with E-state index in [0.717, 1.165) is 29.6 Å². The molecule has 0 saturated carbocycles. The molecular weight excluding hydrogens is 242 g/mol. The van der Waals surface area contributed by atoms with Crippen LogP contribution in [0.25, 0.3) is 10.9 Å². The molecule has 2 heterocycles. The van der Waals surface area contributed by atoms with Gasteiger partial charge in [0.05, 0.1) is 43.6 Å². The Labute approximate surface area is 111 Å². The van der Waals surface area contributed by atoms with Crippen molar-refractivity contribution in [3.05, 3.63) is 29.8 Å². The molecule has 19 heavy (non-hydrogen) atoms. The van der Waals surface area contributed by atoms with Gasteiger partial charge in [-0.15, -0.1) is 0 Å². The normalized spacial score (nSPS) is 16.6. The molecule has 0 unspecified atom stereocenters. The van der Waals surface area contributed by atoms with Crippen LogP contribution in [0.1, 0.15) is 5.56 Å². The summed E-state index contributed by atoms with van der Waals surface area (Å²) in [7, 11) is 1.85. The van der Waals surface area contributed by atoms with E-state index in [2.05, 4.69) is 5.10 Å². The van der Waals surface area contributed by atoms with Crippen molar-refractivity contribution in [3.8, 4) is 5.88 Å². The van der Waals surface area contributed by atoms with Crippen molar-refractivity contribution in [1.29, 1.82) is 0 Å². The highest BCUT2D eigenvalue weighted by atomic mass is 16.5. The number of ether oxygens (including phenoxy) is 1. The van der Waals surface area contributed by atoms with Gasteiger partial charge in [-0.05, 0) is 6.07 Å². The standard InChI is InChI=1S/C14H17N3O2/c1-16-13-5-3-2-4-11(13)12(14(16)18)10-15-17-6-8-19-9-7-17/h2-5,10,18H,6-9H2,1H3/b15-10+. The summed E-state index contributed by atoms with van der Waals surface area (Å²) < 4.78 is 7.05. The van der Waals surface area contributed by atoms with Crippen LogP contribution in [0, 0.1) is 0 Å². The van der Waals surface area contributed by atoms with Gasteiger partial charge >= 0.3 is 0 Å². The molecule has 0 radical (unpaired) electrons. The molecule has 0 amide bonds. The highest BCUT2D eigenvalue weighted by Crippen LogP contribution is 2.28. The smallest absolute Gasteiger partial charge is 0.200 e. The molecule has 5 nitrogen and oxygen atoms in total. The van der Waals surface area contributed by atoms with Gasteiger partial charge in [-0.25, -0.2) is 0 Å². The quantitative estimate of drug-likeness (QED) is 0.832. The van der Waals surface area contributed by atoms with Gasteiger partial charge in [0.15, 0.2) is 0 Å². The maximum Gasteiger partial charge on any atom is 0.200 e. The second-order valence-corrected chi connectivity index (χ2v) is 4.62. The number of fused-ring (bicyclic) bond motifs is 1. The summed E-state index contributed by atoms with van der Waals surface area (Å²) in [6.45, 7) is 3.00. The van der Waals surface area contributed by atoms with E-state index in [1.807, 2.05) is 36.3 Å². The molecule has 0 aliphatic carbocycles. The average molecular weight is 259 g/mol. The van der Waals surface area contributed by atoms with Gasteiger partial charge in [0.2, 0.25) is 5.88 Å². The van der Waals surface area contributed by atoms with Crippen LogP contribution >= 0.6 is 0 Å². The largest absolute Gasteiger partial charge is 0.494 e. The van der Waals surface area contributed by atoms with E-state index >= 15 is 0 Å². The van der Waals surface area contributed by atoms with E-state index in [9.17, 15) is 5.11 Å². The summed E-state index contributed by atoms with van der Waals surface area (Å²) >= 11 is 0. The molecule has 0 spiro atoms. The van der Waals surface area contributed by atoms with Gasteiger partial charge in [0.25, 0.3) is 0 Å². The fourth-order valence-electron chi connectivity index (χ4n) is 2.34. The molecule has 1 fully saturated rings. The van der Waals surface area contributed by atoms with E-state index in [0.29, 0.717) is 13.2 Å². The van der Waals surface area contributed by atoms with Gasteiger partial charge in [-0.1, -0.05) is 18.2 Å². The van der Waals surface area contributed by atoms with Crippen LogP contribution in [0.15, 0.2) is 29.4 Å². The molecule has 0 bridgehead atoms. The Morgan fingerprint density at radius 2 is 2.00 bits per heavy atom. The molecule has 1 N–H and O–H groups in total. The molecule has 0 atom stereocenters. The first-order valence-electron chi connectivity index (χ1n) is 6.40. The van der Waals surface area contributed by atoms with E-state index in [-0.39, 0.29) is 5.88 Å². The summed E-state index contributed by atoms with van der Waals surface area (Å²) in [6.07, 6.45) is 1.74. The topological polar surface area (TPSA) is 50.0 Å². The molecule has 1 aromatic heterocycles. The molecule has 100 valence electrons. The van der Waals surface area contributed by atoms with Crippen LogP contribution in [0.2, 0.25) is 0 Å². The highest BCUT2D eigenvalue weighted by Gasteiger charge is 2.13. The van der Waals surface area contributed by atoms with Crippen molar-refractivity contribution >= 4 is 17.1 Å². The van der Waals surface area contributed by atoms with Crippen molar-refractivity contribution in [2.45, 2.75) is 0 Å². The molecule has 1 aromatic carbocycles. The second-order valence-electron chi connectivity index (χ2n) is 4.62. The number of hydrogen-bond acceptors (Lipinski definition) is 4. The lowest BCUT2D eigenvalue weighted by Gasteiger charge is -2.23. The van der Waals surface area contributed by atoms with Gasteiger partial charge in [0, 0.05) is 12.4 Å². The van der Waals surface area contributed by atoms with Crippen molar-refractivity contribution in [2.24, 2.45) is 12.1 Å². The molecule has 1 saturated heterocycles. The number of rotatable bonds is 2. The second kappa shape index (κ2) is 4.93. The van der Waals surface area contributed by atoms with E-state index < -0.39 is 0 Å². The zero-order valence-electron chi connectivity index (χ0n) is 10.9. The van der Waals surface area contributed by atoms with Crippen LogP contribution in [0.3, 0.4) is 0 Å². The van der Waals surface area contributed by atoms with Gasteiger partial charge < -0.3 is 14.4 Å². The zero-order chi connectivity index (χ0) is 13.2. The number of para-hydroxylation sites is 1. The third-order valence-electron chi connectivity index (χ3n) is 3.45. The average Bonchev–Trinajstić information content (AvgIpc) is 2.71. The highest BCUT2D eigenvalue weighted by molar-refractivity contribution is 6.02. The summed E-state index contributed by atoms with van der Waals surface area (Å²) in [6, 6.07) is 7.91. The Hall–Kier alpha value is -2.01. The number of hydrazone groups is 1. The lowest BCUT2D eigenvalue weighted by Crippen LogP contribution is -2.32. The van der Waals surface area contributed by atoms with Crippen molar-refractivity contribution in [1.82, 2.24) is 9.58 Å². The summed E-state index contributed by atoms with van der Waals surface area (Å²) in [5, 5.41) is 17.6. The van der Waals surface area contributed by atoms with Crippen LogP contribution < -0.4 is 0 Å². The number of hydrogen-bond donors (Lipinski definition) is 1. The molecule has 2 aromatic rings. The predicted molar refractivity (Wildman–Crippen MR) is 74.6 cm³/mol. The summed E-state index contributed by atoms with van der Waals surface area (Å²) in [4.78, 5) is 0. The molecule has 1 aliphatic heterocycles. The fraction of sp³-hybridized carbons (Fsp3) is 0.357. The van der Waals surface area contributed by atoms with E-state index in [1.54, 1.807) is 10.8 Å². The first-order valence-corrected chi connectivity index (χ1v) is 6.40. The molecular formula is C14H17N3O2. The number of benzene rings is 1. The lowest BCUT2D eigenvalue weighted by atomic mass is 10.2. The minimum absolute atomic E-state index is 0.248. The van der Waals surface area contributed by atoms with Crippen molar-refractivity contribution < 1.29 is 9.84 Å². The maximum atomic E-state index is 10.2. The SMILES string of the molecule is Cn1c(O)c(/C=N/N2CCOCC2)c2ccccc21. The first kappa shape index (κ1) is 12.0.